The minimum atomic E-state index is 0.634. The van der Waals surface area contributed by atoms with Gasteiger partial charge in [0.15, 0.2) is 4.34 Å². The first-order valence-corrected chi connectivity index (χ1v) is 7.73. The van der Waals surface area contributed by atoms with E-state index in [0.717, 1.165) is 16.0 Å². The summed E-state index contributed by atoms with van der Waals surface area (Å²) in [6.45, 7) is 0. The lowest BCUT2D eigenvalue weighted by Gasteiger charge is -2.29. The molecule has 3 nitrogen and oxygen atoms in total. The Kier molecular flexibility index (Phi) is 5.06. The van der Waals surface area contributed by atoms with Gasteiger partial charge in [-0.3, -0.25) is 0 Å². The molecular weight excluding hydrogens is 238 g/mol. The standard InChI is InChI=1S/C11H19N3S2/c1-12-10(9-5-3-2-4-6-9)7-15-11-13-8-14-16-11/h8-10,12H,2-7H2,1H3. The first-order valence-electron chi connectivity index (χ1n) is 5.97. The maximum atomic E-state index is 4.21. The molecule has 90 valence electrons. The van der Waals surface area contributed by atoms with E-state index in [-0.39, 0.29) is 0 Å². The van der Waals surface area contributed by atoms with E-state index in [1.54, 1.807) is 6.33 Å². The molecule has 1 aromatic heterocycles. The summed E-state index contributed by atoms with van der Waals surface area (Å²) < 4.78 is 5.12. The first-order chi connectivity index (χ1) is 7.90. The Bertz CT molecular complexity index is 283. The normalized spacial score (nSPS) is 19.8. The molecule has 0 radical (unpaired) electrons. The molecule has 1 aromatic rings. The number of rotatable bonds is 5. The highest BCUT2D eigenvalue weighted by Crippen LogP contribution is 2.29. The van der Waals surface area contributed by atoms with Crippen LogP contribution in [0.1, 0.15) is 32.1 Å². The number of thioether (sulfide) groups is 1. The second-order valence-electron chi connectivity index (χ2n) is 4.31. The minimum Gasteiger partial charge on any atom is -0.316 e. The quantitative estimate of drug-likeness (QED) is 0.823. The predicted octanol–water partition coefficient (Wildman–Crippen LogP) is 2.80. The third kappa shape index (κ3) is 3.43. The van der Waals surface area contributed by atoms with Crippen molar-refractivity contribution in [2.45, 2.75) is 42.5 Å². The van der Waals surface area contributed by atoms with Crippen molar-refractivity contribution < 1.29 is 0 Å². The van der Waals surface area contributed by atoms with Crippen molar-refractivity contribution in [1.82, 2.24) is 14.7 Å². The van der Waals surface area contributed by atoms with Gasteiger partial charge in [-0.1, -0.05) is 31.0 Å². The van der Waals surface area contributed by atoms with E-state index in [2.05, 4.69) is 21.7 Å². The van der Waals surface area contributed by atoms with Gasteiger partial charge in [0.25, 0.3) is 0 Å². The molecule has 1 unspecified atom stereocenters. The molecule has 0 amide bonds. The van der Waals surface area contributed by atoms with Crippen LogP contribution >= 0.6 is 23.3 Å². The molecule has 1 saturated carbocycles. The molecule has 0 aliphatic heterocycles. The third-order valence-corrected chi connectivity index (χ3v) is 5.23. The van der Waals surface area contributed by atoms with Crippen LogP contribution in [0.5, 0.6) is 0 Å². The van der Waals surface area contributed by atoms with Crippen molar-refractivity contribution in [2.75, 3.05) is 12.8 Å². The molecule has 2 rings (SSSR count). The first kappa shape index (κ1) is 12.3. The number of hydrogen-bond donors (Lipinski definition) is 1. The summed E-state index contributed by atoms with van der Waals surface area (Å²) in [7, 11) is 2.08. The van der Waals surface area contributed by atoms with Gasteiger partial charge in [-0.05, 0) is 37.3 Å². The van der Waals surface area contributed by atoms with Crippen LogP contribution in [-0.4, -0.2) is 28.2 Å². The molecular formula is C11H19N3S2. The van der Waals surface area contributed by atoms with Gasteiger partial charge in [0.05, 0.1) is 0 Å². The van der Waals surface area contributed by atoms with Crippen LogP contribution in [0.15, 0.2) is 10.7 Å². The Hall–Kier alpha value is -0.130. The molecule has 5 heteroatoms. The second kappa shape index (κ2) is 6.57. The van der Waals surface area contributed by atoms with Crippen molar-refractivity contribution in [2.24, 2.45) is 5.92 Å². The van der Waals surface area contributed by atoms with Crippen LogP contribution in [0, 0.1) is 5.92 Å². The van der Waals surface area contributed by atoms with Crippen molar-refractivity contribution in [3.05, 3.63) is 6.33 Å². The van der Waals surface area contributed by atoms with Crippen molar-refractivity contribution >= 4 is 23.3 Å². The molecule has 0 aromatic carbocycles. The van der Waals surface area contributed by atoms with E-state index in [1.807, 2.05) is 11.8 Å². The third-order valence-electron chi connectivity index (χ3n) is 3.32. The van der Waals surface area contributed by atoms with Gasteiger partial charge in [-0.2, -0.15) is 4.37 Å². The molecule has 0 saturated heterocycles. The highest BCUT2D eigenvalue weighted by atomic mass is 32.2. The number of aromatic nitrogens is 2. The summed E-state index contributed by atoms with van der Waals surface area (Å²) in [5.41, 5.74) is 0. The summed E-state index contributed by atoms with van der Waals surface area (Å²) in [6.07, 6.45) is 8.67. The fourth-order valence-corrected chi connectivity index (χ4v) is 4.08. The van der Waals surface area contributed by atoms with Crippen molar-refractivity contribution in [3.63, 3.8) is 0 Å². The van der Waals surface area contributed by atoms with Crippen LogP contribution < -0.4 is 5.32 Å². The van der Waals surface area contributed by atoms with Gasteiger partial charge in [0.2, 0.25) is 0 Å². The Balaban J connectivity index is 1.80. The zero-order valence-electron chi connectivity index (χ0n) is 9.69. The highest BCUT2D eigenvalue weighted by Gasteiger charge is 2.22. The van der Waals surface area contributed by atoms with Crippen molar-refractivity contribution in [1.29, 1.82) is 0 Å². The van der Waals surface area contributed by atoms with Crippen LogP contribution in [0.3, 0.4) is 0 Å². The SMILES string of the molecule is CNC(CSc1ncns1)C1CCCCC1. The molecule has 1 fully saturated rings. The molecule has 0 bridgehead atoms. The van der Waals surface area contributed by atoms with E-state index in [1.165, 1.54) is 43.6 Å². The Morgan fingerprint density at radius 1 is 1.50 bits per heavy atom. The van der Waals surface area contributed by atoms with E-state index in [4.69, 9.17) is 0 Å². The lowest BCUT2D eigenvalue weighted by molar-refractivity contribution is 0.294. The van der Waals surface area contributed by atoms with Crippen LogP contribution in [0.25, 0.3) is 0 Å². The van der Waals surface area contributed by atoms with Crippen molar-refractivity contribution in [3.8, 4) is 0 Å². The minimum absolute atomic E-state index is 0.634. The zero-order valence-corrected chi connectivity index (χ0v) is 11.3. The molecule has 0 spiro atoms. The van der Waals surface area contributed by atoms with Gasteiger partial charge < -0.3 is 5.32 Å². The van der Waals surface area contributed by atoms with Gasteiger partial charge in [-0.15, -0.1) is 0 Å². The fourth-order valence-electron chi connectivity index (χ4n) is 2.38. The summed E-state index contributed by atoms with van der Waals surface area (Å²) in [6, 6.07) is 0.634. The molecule has 1 N–H and O–H groups in total. The van der Waals surface area contributed by atoms with Gasteiger partial charge in [0.1, 0.15) is 6.33 Å². The average molecular weight is 257 g/mol. The summed E-state index contributed by atoms with van der Waals surface area (Å²) >= 11 is 3.33. The lowest BCUT2D eigenvalue weighted by atomic mass is 9.84. The Morgan fingerprint density at radius 2 is 2.31 bits per heavy atom. The fraction of sp³-hybridized carbons (Fsp3) is 0.818. The summed E-state index contributed by atoms with van der Waals surface area (Å²) in [4.78, 5) is 4.21. The van der Waals surface area contributed by atoms with E-state index in [0.29, 0.717) is 6.04 Å². The monoisotopic (exact) mass is 257 g/mol. The van der Waals surface area contributed by atoms with Gasteiger partial charge in [0, 0.05) is 11.8 Å². The molecule has 1 aliphatic carbocycles. The zero-order chi connectivity index (χ0) is 11.2. The predicted molar refractivity (Wildman–Crippen MR) is 70.1 cm³/mol. The largest absolute Gasteiger partial charge is 0.316 e. The highest BCUT2D eigenvalue weighted by molar-refractivity contribution is 8.00. The Labute approximate surface area is 106 Å². The van der Waals surface area contributed by atoms with Crippen LogP contribution in [0.4, 0.5) is 0 Å². The maximum absolute atomic E-state index is 4.21. The average Bonchev–Trinajstić information content (AvgIpc) is 2.84. The Morgan fingerprint density at radius 3 is 2.94 bits per heavy atom. The summed E-state index contributed by atoms with van der Waals surface area (Å²) in [5.74, 6) is 1.98. The second-order valence-corrected chi connectivity index (χ2v) is 6.36. The van der Waals surface area contributed by atoms with Crippen LogP contribution in [0.2, 0.25) is 0 Å². The van der Waals surface area contributed by atoms with Gasteiger partial charge in [-0.25, -0.2) is 4.98 Å². The topological polar surface area (TPSA) is 37.8 Å². The number of hydrogen-bond acceptors (Lipinski definition) is 5. The van der Waals surface area contributed by atoms with E-state index < -0.39 is 0 Å². The van der Waals surface area contributed by atoms with E-state index >= 15 is 0 Å². The van der Waals surface area contributed by atoms with Gasteiger partial charge >= 0.3 is 0 Å². The molecule has 16 heavy (non-hydrogen) atoms. The molecule has 1 heterocycles. The van der Waals surface area contributed by atoms with Crippen LogP contribution in [-0.2, 0) is 0 Å². The van der Waals surface area contributed by atoms with E-state index in [9.17, 15) is 0 Å². The maximum Gasteiger partial charge on any atom is 0.169 e. The lowest BCUT2D eigenvalue weighted by Crippen LogP contribution is -2.36. The smallest absolute Gasteiger partial charge is 0.169 e. The number of nitrogens with one attached hydrogen (secondary N) is 1. The summed E-state index contributed by atoms with van der Waals surface area (Å²) in [5, 5.41) is 3.47. The molecule has 1 aliphatic rings. The number of nitrogens with zero attached hydrogens (tertiary/aromatic N) is 2. The molecule has 1 atom stereocenters.